The molecule has 3 heterocycles. The van der Waals surface area contributed by atoms with Gasteiger partial charge in [-0.3, -0.25) is 14.5 Å². The number of rotatable bonds is 6. The van der Waals surface area contributed by atoms with Crippen molar-refractivity contribution in [2.24, 2.45) is 5.92 Å². The molecule has 33 heavy (non-hydrogen) atoms. The highest BCUT2D eigenvalue weighted by molar-refractivity contribution is 6.45. The number of pyridine rings is 1. The van der Waals surface area contributed by atoms with E-state index >= 15 is 0 Å². The molecule has 0 aliphatic carbocycles. The molecule has 0 fully saturated rings. The summed E-state index contributed by atoms with van der Waals surface area (Å²) in [4.78, 5) is 28.2. The first-order valence-corrected chi connectivity index (χ1v) is 11.2. The van der Waals surface area contributed by atoms with Gasteiger partial charge in [0.25, 0.3) is 11.6 Å². The summed E-state index contributed by atoms with van der Waals surface area (Å²) in [7, 11) is 0. The SMILES string of the molecule is CC(C)CN1C(=O)C(c2c(C(C)C)nn(-c3cccc(Cl)c3)c2[O-])=C([n+]2ccccc2)C1=O. The third-order valence-corrected chi connectivity index (χ3v) is 5.62. The predicted octanol–water partition coefficient (Wildman–Crippen LogP) is 3.40. The average molecular weight is 465 g/mol. The maximum Gasteiger partial charge on any atom is 0.326 e. The summed E-state index contributed by atoms with van der Waals surface area (Å²) >= 11 is 6.14. The van der Waals surface area contributed by atoms with Gasteiger partial charge in [0.2, 0.25) is 0 Å². The van der Waals surface area contributed by atoms with Crippen molar-refractivity contribution in [3.05, 3.63) is 71.1 Å². The van der Waals surface area contributed by atoms with E-state index < -0.39 is 17.7 Å². The molecule has 170 valence electrons. The molecule has 0 saturated heterocycles. The Kier molecular flexibility index (Phi) is 6.08. The van der Waals surface area contributed by atoms with Gasteiger partial charge in [0.1, 0.15) is 5.57 Å². The Labute approximate surface area is 197 Å². The van der Waals surface area contributed by atoms with Gasteiger partial charge in [-0.05, 0) is 35.9 Å². The lowest BCUT2D eigenvalue weighted by Gasteiger charge is -2.17. The van der Waals surface area contributed by atoms with Crippen LogP contribution < -0.4 is 9.67 Å². The van der Waals surface area contributed by atoms with E-state index in [2.05, 4.69) is 5.10 Å². The van der Waals surface area contributed by atoms with Crippen molar-refractivity contribution in [3.63, 3.8) is 0 Å². The van der Waals surface area contributed by atoms with Crippen molar-refractivity contribution >= 4 is 34.7 Å². The van der Waals surface area contributed by atoms with Crippen LogP contribution in [-0.2, 0) is 9.59 Å². The molecule has 4 rings (SSSR count). The molecule has 0 N–H and O–H groups in total. The van der Waals surface area contributed by atoms with Crippen LogP contribution in [0.2, 0.25) is 5.02 Å². The van der Waals surface area contributed by atoms with Crippen LogP contribution in [0.5, 0.6) is 5.88 Å². The van der Waals surface area contributed by atoms with Crippen LogP contribution in [0.25, 0.3) is 17.0 Å². The Balaban J connectivity index is 2.01. The van der Waals surface area contributed by atoms with E-state index in [1.165, 1.54) is 9.58 Å². The van der Waals surface area contributed by atoms with E-state index in [9.17, 15) is 14.7 Å². The number of benzene rings is 1. The number of carbonyl (C=O) groups excluding carboxylic acids is 2. The molecular formula is C25H25ClN4O3. The van der Waals surface area contributed by atoms with Gasteiger partial charge >= 0.3 is 5.91 Å². The normalized spacial score (nSPS) is 14.3. The lowest BCUT2D eigenvalue weighted by molar-refractivity contribution is -0.576. The zero-order valence-electron chi connectivity index (χ0n) is 18.9. The minimum absolute atomic E-state index is 0.0738. The number of imide groups is 1. The molecule has 1 aromatic carbocycles. The van der Waals surface area contributed by atoms with Crippen LogP contribution in [0.4, 0.5) is 0 Å². The van der Waals surface area contributed by atoms with Crippen molar-refractivity contribution in [2.75, 3.05) is 6.54 Å². The fourth-order valence-electron chi connectivity index (χ4n) is 3.95. The maximum atomic E-state index is 13.7. The van der Waals surface area contributed by atoms with Gasteiger partial charge in [-0.25, -0.2) is 4.68 Å². The standard InChI is InChI=1S/C25H25ClN4O3/c1-15(2)14-29-23(31)20(22(25(29)33)28-11-6-5-7-12-28)19-21(16(3)4)27-30(24(19)32)18-10-8-9-17(26)13-18/h5-13,15-16H,14H2,1-4H3. The second kappa shape index (κ2) is 8.83. The Morgan fingerprint density at radius 1 is 1.03 bits per heavy atom. The van der Waals surface area contributed by atoms with Gasteiger partial charge in [-0.2, -0.15) is 9.67 Å². The average Bonchev–Trinajstić information content (AvgIpc) is 3.23. The van der Waals surface area contributed by atoms with Gasteiger partial charge in [0.15, 0.2) is 12.4 Å². The van der Waals surface area contributed by atoms with Crippen LogP contribution >= 0.6 is 11.6 Å². The molecule has 2 amide bonds. The van der Waals surface area contributed by atoms with E-state index in [1.807, 2.05) is 33.8 Å². The van der Waals surface area contributed by atoms with E-state index in [-0.39, 0.29) is 35.2 Å². The van der Waals surface area contributed by atoms with Crippen molar-refractivity contribution in [1.29, 1.82) is 0 Å². The first kappa shape index (κ1) is 22.7. The van der Waals surface area contributed by atoms with Crippen molar-refractivity contribution in [2.45, 2.75) is 33.6 Å². The molecule has 0 spiro atoms. The fraction of sp³-hybridized carbons (Fsp3) is 0.280. The van der Waals surface area contributed by atoms with Crippen LogP contribution in [0.15, 0.2) is 54.9 Å². The first-order chi connectivity index (χ1) is 15.7. The lowest BCUT2D eigenvalue weighted by Crippen LogP contribution is -2.40. The summed E-state index contributed by atoms with van der Waals surface area (Å²) in [6.45, 7) is 7.92. The molecule has 0 radical (unpaired) electrons. The number of carbonyl (C=O) groups is 2. The number of nitrogens with zero attached hydrogens (tertiary/aromatic N) is 4. The molecule has 7 nitrogen and oxygen atoms in total. The van der Waals surface area contributed by atoms with Gasteiger partial charge in [-0.15, -0.1) is 0 Å². The quantitative estimate of drug-likeness (QED) is 0.413. The van der Waals surface area contributed by atoms with Gasteiger partial charge in [0, 0.05) is 29.3 Å². The Morgan fingerprint density at radius 3 is 2.33 bits per heavy atom. The molecular weight excluding hydrogens is 440 g/mol. The second-order valence-electron chi connectivity index (χ2n) is 8.73. The minimum Gasteiger partial charge on any atom is -0.858 e. The third-order valence-electron chi connectivity index (χ3n) is 5.38. The van der Waals surface area contributed by atoms with E-state index in [0.29, 0.717) is 16.4 Å². The molecule has 0 unspecified atom stereocenters. The molecule has 1 aliphatic heterocycles. The molecule has 0 saturated carbocycles. The van der Waals surface area contributed by atoms with Gasteiger partial charge in [0.05, 0.1) is 11.4 Å². The molecule has 3 aromatic rings. The number of halogens is 1. The number of aromatic nitrogens is 3. The van der Waals surface area contributed by atoms with Crippen LogP contribution in [0.1, 0.15) is 44.9 Å². The summed E-state index contributed by atoms with van der Waals surface area (Å²) in [6.07, 6.45) is 3.39. The lowest BCUT2D eigenvalue weighted by atomic mass is 9.98. The first-order valence-electron chi connectivity index (χ1n) is 10.8. The number of amides is 2. The van der Waals surface area contributed by atoms with E-state index in [1.54, 1.807) is 53.4 Å². The maximum absolute atomic E-state index is 13.7. The number of hydrogen-bond donors (Lipinski definition) is 0. The van der Waals surface area contributed by atoms with Gasteiger partial charge < -0.3 is 5.11 Å². The summed E-state index contributed by atoms with van der Waals surface area (Å²) < 4.78 is 2.84. The largest absolute Gasteiger partial charge is 0.858 e. The third kappa shape index (κ3) is 4.04. The zero-order valence-corrected chi connectivity index (χ0v) is 19.7. The Hall–Kier alpha value is -3.45. The molecule has 2 aromatic heterocycles. The molecule has 0 bridgehead atoms. The predicted molar refractivity (Wildman–Crippen MR) is 123 cm³/mol. The highest BCUT2D eigenvalue weighted by atomic mass is 35.5. The molecule has 8 heteroatoms. The summed E-state index contributed by atoms with van der Waals surface area (Å²) in [5, 5.41) is 18.7. The second-order valence-corrected chi connectivity index (χ2v) is 9.17. The van der Waals surface area contributed by atoms with Gasteiger partial charge in [-0.1, -0.05) is 51.4 Å². The highest BCUT2D eigenvalue weighted by Crippen LogP contribution is 2.39. The summed E-state index contributed by atoms with van der Waals surface area (Å²) in [5.74, 6) is -1.46. The van der Waals surface area contributed by atoms with E-state index in [4.69, 9.17) is 11.6 Å². The Bertz CT molecular complexity index is 1260. The number of hydrogen-bond acceptors (Lipinski definition) is 4. The highest BCUT2D eigenvalue weighted by Gasteiger charge is 2.46. The molecule has 0 atom stereocenters. The van der Waals surface area contributed by atoms with Crippen molar-refractivity contribution in [1.82, 2.24) is 14.7 Å². The summed E-state index contributed by atoms with van der Waals surface area (Å²) in [5.41, 5.74) is 1.34. The topological polar surface area (TPSA) is 82.1 Å². The zero-order chi connectivity index (χ0) is 23.9. The van der Waals surface area contributed by atoms with Crippen molar-refractivity contribution < 1.29 is 19.3 Å². The monoisotopic (exact) mass is 464 g/mol. The molecule has 1 aliphatic rings. The van der Waals surface area contributed by atoms with Crippen LogP contribution in [0, 0.1) is 5.92 Å². The van der Waals surface area contributed by atoms with Crippen LogP contribution in [0.3, 0.4) is 0 Å². The minimum atomic E-state index is -0.482. The Morgan fingerprint density at radius 2 is 1.73 bits per heavy atom. The van der Waals surface area contributed by atoms with Crippen LogP contribution in [-0.4, -0.2) is 33.0 Å². The smallest absolute Gasteiger partial charge is 0.326 e. The van der Waals surface area contributed by atoms with E-state index in [0.717, 1.165) is 0 Å². The summed E-state index contributed by atoms with van der Waals surface area (Å²) in [6, 6.07) is 12.2. The van der Waals surface area contributed by atoms with Crippen molar-refractivity contribution in [3.8, 4) is 11.6 Å². The fourth-order valence-corrected chi connectivity index (χ4v) is 4.13.